The SMILES string of the molecule is Cc1c(N)cccc1C(=O)c1ccncc1. The highest BCUT2D eigenvalue weighted by atomic mass is 16.1. The molecule has 0 unspecified atom stereocenters. The highest BCUT2D eigenvalue weighted by Crippen LogP contribution is 2.18. The van der Waals surface area contributed by atoms with Crippen molar-refractivity contribution in [1.82, 2.24) is 4.98 Å². The molecule has 0 saturated heterocycles. The first-order chi connectivity index (χ1) is 7.70. The van der Waals surface area contributed by atoms with Crippen molar-refractivity contribution in [3.8, 4) is 0 Å². The fourth-order valence-corrected chi connectivity index (χ4v) is 1.56. The largest absolute Gasteiger partial charge is 0.398 e. The maximum absolute atomic E-state index is 12.1. The first-order valence-electron chi connectivity index (χ1n) is 5.00. The lowest BCUT2D eigenvalue weighted by atomic mass is 9.99. The number of nitrogen functional groups attached to an aromatic ring is 1. The number of rotatable bonds is 2. The van der Waals surface area contributed by atoms with Crippen LogP contribution in [0.2, 0.25) is 0 Å². The second-order valence-electron chi connectivity index (χ2n) is 3.58. The summed E-state index contributed by atoms with van der Waals surface area (Å²) in [5.41, 5.74) is 8.51. The fourth-order valence-electron chi connectivity index (χ4n) is 1.56. The maximum atomic E-state index is 12.1. The zero-order valence-corrected chi connectivity index (χ0v) is 8.97. The molecule has 0 aliphatic carbocycles. The van der Waals surface area contributed by atoms with Gasteiger partial charge in [-0.3, -0.25) is 9.78 Å². The van der Waals surface area contributed by atoms with E-state index >= 15 is 0 Å². The summed E-state index contributed by atoms with van der Waals surface area (Å²) in [5.74, 6) is -0.0211. The van der Waals surface area contributed by atoms with Crippen LogP contribution in [-0.4, -0.2) is 10.8 Å². The summed E-state index contributed by atoms with van der Waals surface area (Å²) in [6.07, 6.45) is 3.21. The Morgan fingerprint density at radius 1 is 1.19 bits per heavy atom. The number of anilines is 1. The summed E-state index contributed by atoms with van der Waals surface area (Å²) in [6.45, 7) is 1.85. The van der Waals surface area contributed by atoms with Crippen molar-refractivity contribution in [3.63, 3.8) is 0 Å². The number of carbonyl (C=O) groups excluding carboxylic acids is 1. The number of pyridine rings is 1. The molecule has 3 heteroatoms. The van der Waals surface area contributed by atoms with Crippen molar-refractivity contribution in [2.75, 3.05) is 5.73 Å². The average molecular weight is 212 g/mol. The number of hydrogen-bond acceptors (Lipinski definition) is 3. The standard InChI is InChI=1S/C13H12N2O/c1-9-11(3-2-4-12(9)14)13(16)10-5-7-15-8-6-10/h2-8H,14H2,1H3. The predicted octanol–water partition coefficient (Wildman–Crippen LogP) is 2.20. The zero-order valence-electron chi connectivity index (χ0n) is 8.97. The summed E-state index contributed by atoms with van der Waals surface area (Å²) >= 11 is 0. The first kappa shape index (κ1) is 10.4. The minimum atomic E-state index is -0.0211. The molecule has 0 atom stereocenters. The van der Waals surface area contributed by atoms with Gasteiger partial charge in [-0.25, -0.2) is 0 Å². The third-order valence-corrected chi connectivity index (χ3v) is 2.56. The second-order valence-corrected chi connectivity index (χ2v) is 3.58. The van der Waals surface area contributed by atoms with Crippen LogP contribution < -0.4 is 5.73 Å². The van der Waals surface area contributed by atoms with Gasteiger partial charge in [0.05, 0.1) is 0 Å². The minimum absolute atomic E-state index is 0.0211. The normalized spacial score (nSPS) is 10.1. The Hall–Kier alpha value is -2.16. The van der Waals surface area contributed by atoms with Gasteiger partial charge in [-0.15, -0.1) is 0 Å². The highest BCUT2D eigenvalue weighted by molar-refractivity contribution is 6.10. The van der Waals surface area contributed by atoms with Gasteiger partial charge in [-0.1, -0.05) is 12.1 Å². The Labute approximate surface area is 93.9 Å². The smallest absolute Gasteiger partial charge is 0.193 e. The van der Waals surface area contributed by atoms with E-state index in [-0.39, 0.29) is 5.78 Å². The Morgan fingerprint density at radius 2 is 1.88 bits per heavy atom. The lowest BCUT2D eigenvalue weighted by Crippen LogP contribution is -2.05. The van der Waals surface area contributed by atoms with Crippen molar-refractivity contribution < 1.29 is 4.79 Å². The van der Waals surface area contributed by atoms with Crippen LogP contribution in [0.3, 0.4) is 0 Å². The van der Waals surface area contributed by atoms with E-state index in [4.69, 9.17) is 5.73 Å². The van der Waals surface area contributed by atoms with Crippen LogP contribution in [0.25, 0.3) is 0 Å². The van der Waals surface area contributed by atoms with E-state index in [1.54, 1.807) is 42.7 Å². The molecule has 1 aromatic heterocycles. The molecule has 1 aromatic carbocycles. The molecule has 0 spiro atoms. The molecule has 2 aromatic rings. The number of ketones is 1. The lowest BCUT2D eigenvalue weighted by Gasteiger charge is -2.06. The summed E-state index contributed by atoms with van der Waals surface area (Å²) in [7, 11) is 0. The van der Waals surface area contributed by atoms with Crippen LogP contribution in [0.4, 0.5) is 5.69 Å². The van der Waals surface area contributed by atoms with E-state index in [9.17, 15) is 4.79 Å². The topological polar surface area (TPSA) is 56.0 Å². The molecule has 0 aliphatic heterocycles. The van der Waals surface area contributed by atoms with Crippen LogP contribution in [0.5, 0.6) is 0 Å². The van der Waals surface area contributed by atoms with E-state index in [0.717, 1.165) is 5.56 Å². The molecule has 0 saturated carbocycles. The van der Waals surface area contributed by atoms with Gasteiger partial charge in [-0.05, 0) is 30.7 Å². The van der Waals surface area contributed by atoms with Gasteiger partial charge in [0.2, 0.25) is 0 Å². The van der Waals surface area contributed by atoms with Crippen LogP contribution in [0.15, 0.2) is 42.7 Å². The fraction of sp³-hybridized carbons (Fsp3) is 0.0769. The minimum Gasteiger partial charge on any atom is -0.398 e. The molecular weight excluding hydrogens is 200 g/mol. The van der Waals surface area contributed by atoms with Crippen molar-refractivity contribution in [2.24, 2.45) is 0 Å². The van der Waals surface area contributed by atoms with Crippen molar-refractivity contribution in [2.45, 2.75) is 6.92 Å². The maximum Gasteiger partial charge on any atom is 0.193 e. The molecule has 0 radical (unpaired) electrons. The molecular formula is C13H12N2O. The predicted molar refractivity (Wildman–Crippen MR) is 63.3 cm³/mol. The van der Waals surface area contributed by atoms with Gasteiger partial charge in [-0.2, -0.15) is 0 Å². The zero-order chi connectivity index (χ0) is 11.5. The number of hydrogen-bond donors (Lipinski definition) is 1. The lowest BCUT2D eigenvalue weighted by molar-refractivity contribution is 0.103. The van der Waals surface area contributed by atoms with Gasteiger partial charge in [0, 0.05) is 29.2 Å². The van der Waals surface area contributed by atoms with Gasteiger partial charge < -0.3 is 5.73 Å². The second kappa shape index (κ2) is 4.14. The van der Waals surface area contributed by atoms with Crippen molar-refractivity contribution in [1.29, 1.82) is 0 Å². The van der Waals surface area contributed by atoms with Gasteiger partial charge in [0.25, 0.3) is 0 Å². The highest BCUT2D eigenvalue weighted by Gasteiger charge is 2.12. The van der Waals surface area contributed by atoms with Crippen molar-refractivity contribution in [3.05, 3.63) is 59.4 Å². The monoisotopic (exact) mass is 212 g/mol. The molecule has 2 N–H and O–H groups in total. The van der Waals surface area contributed by atoms with Gasteiger partial charge in [0.15, 0.2) is 5.78 Å². The van der Waals surface area contributed by atoms with Crippen LogP contribution in [-0.2, 0) is 0 Å². The number of nitrogens with two attached hydrogens (primary N) is 1. The number of nitrogens with zero attached hydrogens (tertiary/aromatic N) is 1. The summed E-state index contributed by atoms with van der Waals surface area (Å²) in [4.78, 5) is 16.0. The molecule has 2 rings (SSSR count). The molecule has 3 nitrogen and oxygen atoms in total. The Morgan fingerprint density at radius 3 is 2.56 bits per heavy atom. The Bertz CT molecular complexity index is 521. The summed E-state index contributed by atoms with van der Waals surface area (Å²) < 4.78 is 0. The molecule has 80 valence electrons. The van der Waals surface area contributed by atoms with Gasteiger partial charge >= 0.3 is 0 Å². The van der Waals surface area contributed by atoms with E-state index in [0.29, 0.717) is 16.8 Å². The van der Waals surface area contributed by atoms with Crippen LogP contribution in [0.1, 0.15) is 21.5 Å². The molecule has 0 fully saturated rings. The molecule has 0 bridgehead atoms. The quantitative estimate of drug-likeness (QED) is 0.613. The molecule has 1 heterocycles. The van der Waals surface area contributed by atoms with E-state index in [1.165, 1.54) is 0 Å². The number of benzene rings is 1. The average Bonchev–Trinajstić information content (AvgIpc) is 2.33. The first-order valence-corrected chi connectivity index (χ1v) is 5.00. The summed E-state index contributed by atoms with van der Waals surface area (Å²) in [6, 6.07) is 8.76. The molecule has 16 heavy (non-hydrogen) atoms. The third-order valence-electron chi connectivity index (χ3n) is 2.56. The van der Waals surface area contributed by atoms with Crippen LogP contribution in [0, 0.1) is 6.92 Å². The number of aromatic nitrogens is 1. The third kappa shape index (κ3) is 1.80. The number of carbonyl (C=O) groups is 1. The Kier molecular flexibility index (Phi) is 2.68. The van der Waals surface area contributed by atoms with Crippen LogP contribution >= 0.6 is 0 Å². The van der Waals surface area contributed by atoms with Gasteiger partial charge in [0.1, 0.15) is 0 Å². The van der Waals surface area contributed by atoms with Crippen molar-refractivity contribution >= 4 is 11.5 Å². The molecule has 0 aliphatic rings. The Balaban J connectivity index is 2.46. The summed E-state index contributed by atoms with van der Waals surface area (Å²) in [5, 5.41) is 0. The van der Waals surface area contributed by atoms with E-state index in [2.05, 4.69) is 4.98 Å². The van der Waals surface area contributed by atoms with E-state index < -0.39 is 0 Å². The van der Waals surface area contributed by atoms with E-state index in [1.807, 2.05) is 6.92 Å². The molecule has 0 amide bonds.